The monoisotopic (exact) mass is 464 g/mol. The van der Waals surface area contributed by atoms with Crippen LogP contribution in [0.4, 0.5) is 5.69 Å². The van der Waals surface area contributed by atoms with E-state index in [0.717, 1.165) is 45.0 Å². The summed E-state index contributed by atoms with van der Waals surface area (Å²) in [6.07, 6.45) is 0. The largest absolute Gasteiger partial charge is 0.466 e. The van der Waals surface area contributed by atoms with E-state index < -0.39 is 5.97 Å². The molecular weight excluding hydrogens is 432 g/mol. The summed E-state index contributed by atoms with van der Waals surface area (Å²) in [5.41, 5.74) is 3.77. The maximum absolute atomic E-state index is 12.7. The Bertz CT molecular complexity index is 1010. The third kappa shape index (κ3) is 5.83. The number of benzene rings is 2. The van der Waals surface area contributed by atoms with Crippen LogP contribution in [-0.4, -0.2) is 84.7 Å². The molecule has 0 atom stereocenters. The average molecular weight is 465 g/mol. The highest BCUT2D eigenvalue weighted by molar-refractivity contribution is 6.08. The third-order valence-corrected chi connectivity index (χ3v) is 6.30. The van der Waals surface area contributed by atoms with Gasteiger partial charge in [-0.15, -0.1) is 0 Å². The van der Waals surface area contributed by atoms with Gasteiger partial charge < -0.3 is 20.1 Å². The van der Waals surface area contributed by atoms with Gasteiger partial charge in [0.05, 0.1) is 25.8 Å². The fourth-order valence-corrected chi connectivity index (χ4v) is 4.39. The van der Waals surface area contributed by atoms with Gasteiger partial charge in [-0.1, -0.05) is 42.5 Å². The number of rotatable bonds is 9. The Labute approximate surface area is 200 Å². The van der Waals surface area contributed by atoms with Crippen molar-refractivity contribution in [1.82, 2.24) is 14.7 Å². The van der Waals surface area contributed by atoms with Crippen LogP contribution in [0.1, 0.15) is 11.1 Å². The lowest BCUT2D eigenvalue weighted by Gasteiger charge is -2.34. The van der Waals surface area contributed by atoms with Crippen LogP contribution in [0, 0.1) is 0 Å². The van der Waals surface area contributed by atoms with Gasteiger partial charge in [0.2, 0.25) is 0 Å². The fraction of sp³-hybridized carbons (Fsp3) is 0.385. The number of hydrogen-bond donors (Lipinski definition) is 2. The van der Waals surface area contributed by atoms with Crippen LogP contribution < -0.4 is 5.32 Å². The Morgan fingerprint density at radius 2 is 1.53 bits per heavy atom. The number of methoxy groups -OCH3 is 1. The lowest BCUT2D eigenvalue weighted by Crippen LogP contribution is -2.45. The highest BCUT2D eigenvalue weighted by atomic mass is 16.5. The number of anilines is 1. The molecule has 2 aliphatic heterocycles. The highest BCUT2D eigenvalue weighted by Crippen LogP contribution is 2.23. The summed E-state index contributed by atoms with van der Waals surface area (Å²) in [5.74, 6) is -0.855. The summed E-state index contributed by atoms with van der Waals surface area (Å²) in [5, 5.41) is 12.3. The zero-order valence-electron chi connectivity index (χ0n) is 19.6. The number of ether oxygens (including phenoxy) is 1. The zero-order chi connectivity index (χ0) is 23.9. The molecule has 0 unspecified atom stereocenters. The molecular formula is C26H32N4O4. The van der Waals surface area contributed by atoms with Crippen LogP contribution in [-0.2, 0) is 27.4 Å². The van der Waals surface area contributed by atoms with Crippen LogP contribution in [0.2, 0.25) is 0 Å². The number of hydrogen-bond acceptors (Lipinski definition) is 7. The minimum Gasteiger partial charge on any atom is -0.466 e. The van der Waals surface area contributed by atoms with Gasteiger partial charge in [0, 0.05) is 51.5 Å². The van der Waals surface area contributed by atoms with Crippen molar-refractivity contribution in [2.45, 2.75) is 13.1 Å². The molecule has 1 amide bonds. The van der Waals surface area contributed by atoms with E-state index in [1.807, 2.05) is 24.3 Å². The highest BCUT2D eigenvalue weighted by Gasteiger charge is 2.34. The zero-order valence-corrected chi connectivity index (χ0v) is 19.6. The summed E-state index contributed by atoms with van der Waals surface area (Å²) in [7, 11) is 1.29. The van der Waals surface area contributed by atoms with Crippen LogP contribution in [0.3, 0.4) is 0 Å². The number of carbonyl (C=O) groups is 2. The van der Waals surface area contributed by atoms with E-state index in [4.69, 9.17) is 4.74 Å². The summed E-state index contributed by atoms with van der Waals surface area (Å²) < 4.78 is 4.83. The predicted molar refractivity (Wildman–Crippen MR) is 130 cm³/mol. The Balaban J connectivity index is 1.32. The van der Waals surface area contributed by atoms with Crippen LogP contribution in [0.5, 0.6) is 0 Å². The van der Waals surface area contributed by atoms with E-state index in [9.17, 15) is 14.7 Å². The molecule has 8 heteroatoms. The summed E-state index contributed by atoms with van der Waals surface area (Å²) >= 11 is 0. The average Bonchev–Trinajstić information content (AvgIpc) is 3.17. The second-order valence-electron chi connectivity index (χ2n) is 8.66. The normalized spacial score (nSPS) is 17.4. The number of β-amino-alcohol motifs (C(OH)–C–C–N with tert-alkyl or cyclic N) is 1. The van der Waals surface area contributed by atoms with Crippen molar-refractivity contribution in [2.24, 2.45) is 0 Å². The lowest BCUT2D eigenvalue weighted by molar-refractivity contribution is -0.136. The minimum atomic E-state index is -0.542. The van der Waals surface area contributed by atoms with Crippen molar-refractivity contribution < 1.29 is 19.4 Å². The van der Waals surface area contributed by atoms with Gasteiger partial charge in [-0.2, -0.15) is 0 Å². The van der Waals surface area contributed by atoms with Gasteiger partial charge in [0.25, 0.3) is 5.91 Å². The Hall–Kier alpha value is -3.20. The SMILES string of the molecule is COC(=O)C1=C(Nc2ccc(CN3CCN(Cc4ccccc4)CC3)cc2)C(=O)N(CCO)C1. The number of nitrogens with one attached hydrogen (secondary N) is 1. The van der Waals surface area contributed by atoms with E-state index in [1.165, 1.54) is 23.1 Å². The number of piperazine rings is 1. The van der Waals surface area contributed by atoms with Crippen molar-refractivity contribution in [2.75, 3.05) is 58.3 Å². The summed E-state index contributed by atoms with van der Waals surface area (Å²) in [4.78, 5) is 31.2. The van der Waals surface area contributed by atoms with Crippen LogP contribution >= 0.6 is 0 Å². The maximum Gasteiger partial charge on any atom is 0.337 e. The molecule has 4 rings (SSSR count). The topological polar surface area (TPSA) is 85.4 Å². The van der Waals surface area contributed by atoms with E-state index in [0.29, 0.717) is 0 Å². The van der Waals surface area contributed by atoms with Crippen LogP contribution in [0.15, 0.2) is 65.9 Å². The number of amides is 1. The molecule has 180 valence electrons. The van der Waals surface area contributed by atoms with Crippen molar-refractivity contribution in [1.29, 1.82) is 0 Å². The first-order chi connectivity index (χ1) is 16.6. The third-order valence-electron chi connectivity index (χ3n) is 6.30. The Morgan fingerprint density at radius 3 is 2.09 bits per heavy atom. The molecule has 0 saturated carbocycles. The van der Waals surface area contributed by atoms with E-state index >= 15 is 0 Å². The number of nitrogens with zero attached hydrogens (tertiary/aromatic N) is 3. The van der Waals surface area contributed by atoms with Gasteiger partial charge in [-0.05, 0) is 23.3 Å². The van der Waals surface area contributed by atoms with Gasteiger partial charge in [0.1, 0.15) is 5.70 Å². The molecule has 2 heterocycles. The molecule has 1 saturated heterocycles. The molecule has 0 aromatic heterocycles. The summed E-state index contributed by atoms with van der Waals surface area (Å²) in [6, 6.07) is 18.5. The van der Waals surface area contributed by atoms with E-state index in [2.05, 4.69) is 45.4 Å². The first kappa shape index (κ1) is 23.9. The van der Waals surface area contributed by atoms with Crippen molar-refractivity contribution in [3.63, 3.8) is 0 Å². The van der Waals surface area contributed by atoms with Crippen molar-refractivity contribution in [3.8, 4) is 0 Å². The molecule has 0 bridgehead atoms. The molecule has 2 aromatic rings. The smallest absolute Gasteiger partial charge is 0.337 e. The molecule has 0 aliphatic carbocycles. The number of carbonyl (C=O) groups excluding carboxylic acids is 2. The second-order valence-corrected chi connectivity index (χ2v) is 8.66. The summed E-state index contributed by atoms with van der Waals surface area (Å²) in [6.45, 7) is 6.14. The van der Waals surface area contributed by atoms with Gasteiger partial charge in [0.15, 0.2) is 0 Å². The molecule has 34 heavy (non-hydrogen) atoms. The molecule has 0 spiro atoms. The van der Waals surface area contributed by atoms with Gasteiger partial charge >= 0.3 is 5.97 Å². The molecule has 0 radical (unpaired) electrons. The standard InChI is InChI=1S/C26H32N4O4/c1-34-26(33)23-19-30(15-16-31)25(32)24(23)27-22-9-7-21(8-10-22)18-29-13-11-28(12-14-29)17-20-5-3-2-4-6-20/h2-10,27,31H,11-19H2,1H3. The second kappa shape index (κ2) is 11.3. The fourth-order valence-electron chi connectivity index (χ4n) is 4.39. The minimum absolute atomic E-state index is 0.128. The number of aliphatic hydroxyl groups excluding tert-OH is 1. The van der Waals surface area contributed by atoms with E-state index in [-0.39, 0.29) is 36.9 Å². The van der Waals surface area contributed by atoms with Crippen molar-refractivity contribution in [3.05, 3.63) is 77.0 Å². The van der Waals surface area contributed by atoms with E-state index in [1.54, 1.807) is 0 Å². The molecule has 8 nitrogen and oxygen atoms in total. The van der Waals surface area contributed by atoms with Gasteiger partial charge in [-0.3, -0.25) is 14.6 Å². The molecule has 2 aromatic carbocycles. The lowest BCUT2D eigenvalue weighted by atomic mass is 10.1. The predicted octanol–water partition coefficient (Wildman–Crippen LogP) is 1.68. The Morgan fingerprint density at radius 1 is 0.941 bits per heavy atom. The van der Waals surface area contributed by atoms with Crippen LogP contribution in [0.25, 0.3) is 0 Å². The number of esters is 1. The molecule has 2 aliphatic rings. The first-order valence-electron chi connectivity index (χ1n) is 11.6. The Kier molecular flexibility index (Phi) is 7.95. The molecule has 1 fully saturated rings. The van der Waals surface area contributed by atoms with Crippen molar-refractivity contribution >= 4 is 17.6 Å². The first-order valence-corrected chi connectivity index (χ1v) is 11.6. The maximum atomic E-state index is 12.7. The quantitative estimate of drug-likeness (QED) is 0.546. The molecule has 2 N–H and O–H groups in total. The van der Waals surface area contributed by atoms with Gasteiger partial charge in [-0.25, -0.2) is 4.79 Å². The number of aliphatic hydroxyl groups is 1.